The molecule has 2 rings (SSSR count). The van der Waals surface area contributed by atoms with E-state index in [0.717, 1.165) is 10.9 Å². The number of thioether (sulfide) groups is 1. The van der Waals surface area contributed by atoms with Gasteiger partial charge in [-0.2, -0.15) is 11.8 Å². The lowest BCUT2D eigenvalue weighted by atomic mass is 10.1. The number of hydrogen-bond donors (Lipinski definition) is 1. The number of nitro benzene ring substituents is 1. The van der Waals surface area contributed by atoms with Crippen LogP contribution >= 0.6 is 11.8 Å². The van der Waals surface area contributed by atoms with Crippen molar-refractivity contribution < 1.29 is 4.92 Å². The second kappa shape index (κ2) is 5.61. The van der Waals surface area contributed by atoms with Gasteiger partial charge in [0.15, 0.2) is 0 Å². The van der Waals surface area contributed by atoms with E-state index in [9.17, 15) is 10.1 Å². The summed E-state index contributed by atoms with van der Waals surface area (Å²) in [6.07, 6.45) is 5.77. The van der Waals surface area contributed by atoms with Crippen molar-refractivity contribution in [2.75, 3.05) is 11.6 Å². The fraction of sp³-hybridized carbons (Fsp3) is 0.538. The smallest absolute Gasteiger partial charge is 0.272 e. The molecule has 0 spiro atoms. The van der Waals surface area contributed by atoms with Crippen LogP contribution in [0.4, 0.5) is 11.4 Å². The minimum atomic E-state index is -0.335. The maximum absolute atomic E-state index is 10.7. The lowest BCUT2D eigenvalue weighted by molar-refractivity contribution is -0.385. The maximum atomic E-state index is 10.7. The van der Waals surface area contributed by atoms with Crippen molar-refractivity contribution in [2.45, 2.75) is 37.5 Å². The van der Waals surface area contributed by atoms with Crippen molar-refractivity contribution in [3.05, 3.63) is 33.9 Å². The number of hydrogen-bond acceptors (Lipinski definition) is 4. The Bertz CT molecular complexity index is 451. The van der Waals surface area contributed by atoms with Crippen LogP contribution in [0.2, 0.25) is 0 Å². The highest BCUT2D eigenvalue weighted by molar-refractivity contribution is 7.99. The van der Waals surface area contributed by atoms with Gasteiger partial charge in [0.2, 0.25) is 0 Å². The van der Waals surface area contributed by atoms with E-state index in [4.69, 9.17) is 0 Å². The summed E-state index contributed by atoms with van der Waals surface area (Å²) in [5, 5.41) is 15.0. The Labute approximate surface area is 111 Å². The highest BCUT2D eigenvalue weighted by Crippen LogP contribution is 2.31. The zero-order chi connectivity index (χ0) is 13.1. The van der Waals surface area contributed by atoms with Crippen molar-refractivity contribution in [2.24, 2.45) is 0 Å². The van der Waals surface area contributed by atoms with Gasteiger partial charge in [0.05, 0.1) is 4.92 Å². The van der Waals surface area contributed by atoms with Crippen LogP contribution < -0.4 is 5.32 Å². The first kappa shape index (κ1) is 13.2. The van der Waals surface area contributed by atoms with Gasteiger partial charge in [0.25, 0.3) is 5.69 Å². The first-order chi connectivity index (χ1) is 8.60. The molecule has 1 N–H and O–H groups in total. The van der Waals surface area contributed by atoms with E-state index >= 15 is 0 Å². The normalized spacial score (nSPS) is 23.0. The zero-order valence-corrected chi connectivity index (χ0v) is 11.5. The average Bonchev–Trinajstić information content (AvgIpc) is 2.76. The van der Waals surface area contributed by atoms with Crippen molar-refractivity contribution >= 4 is 23.1 Å². The van der Waals surface area contributed by atoms with Crippen LogP contribution in [0.1, 0.15) is 24.8 Å². The minimum Gasteiger partial charge on any atom is -0.382 e. The molecule has 0 heterocycles. The molecule has 1 aromatic rings. The quantitative estimate of drug-likeness (QED) is 0.668. The van der Waals surface area contributed by atoms with Crippen LogP contribution in [0.3, 0.4) is 0 Å². The number of nitro groups is 1. The molecule has 0 saturated heterocycles. The molecular formula is C13H18N2O2S. The third-order valence-corrected chi connectivity index (χ3v) is 4.58. The molecule has 98 valence electrons. The Morgan fingerprint density at radius 2 is 2.22 bits per heavy atom. The van der Waals surface area contributed by atoms with Gasteiger partial charge in [-0.25, -0.2) is 0 Å². The molecule has 4 nitrogen and oxygen atoms in total. The highest BCUT2D eigenvalue weighted by Gasteiger charge is 2.23. The average molecular weight is 266 g/mol. The fourth-order valence-electron chi connectivity index (χ4n) is 2.47. The predicted molar refractivity (Wildman–Crippen MR) is 76.4 cm³/mol. The molecule has 0 amide bonds. The van der Waals surface area contributed by atoms with E-state index < -0.39 is 0 Å². The van der Waals surface area contributed by atoms with Crippen LogP contribution in [-0.4, -0.2) is 22.5 Å². The summed E-state index contributed by atoms with van der Waals surface area (Å²) in [6, 6.07) is 5.75. The molecule has 2 unspecified atom stereocenters. The maximum Gasteiger partial charge on any atom is 0.272 e. The summed E-state index contributed by atoms with van der Waals surface area (Å²) in [7, 11) is 0. The predicted octanol–water partition coefficient (Wildman–Crippen LogP) is 3.60. The third kappa shape index (κ3) is 2.96. The van der Waals surface area contributed by atoms with Gasteiger partial charge in [0, 0.05) is 28.6 Å². The first-order valence-electron chi connectivity index (χ1n) is 6.14. The van der Waals surface area contributed by atoms with E-state index in [1.54, 1.807) is 19.1 Å². The van der Waals surface area contributed by atoms with Crippen molar-refractivity contribution in [1.29, 1.82) is 0 Å². The van der Waals surface area contributed by atoms with Crippen LogP contribution in [-0.2, 0) is 0 Å². The van der Waals surface area contributed by atoms with E-state index in [0.29, 0.717) is 11.6 Å². The molecule has 0 aliphatic heterocycles. The van der Waals surface area contributed by atoms with Crippen LogP contribution in [0.25, 0.3) is 0 Å². The molecule has 0 aromatic heterocycles. The highest BCUT2D eigenvalue weighted by atomic mass is 32.2. The number of nitrogens with one attached hydrogen (secondary N) is 1. The third-order valence-electron chi connectivity index (χ3n) is 3.48. The van der Waals surface area contributed by atoms with E-state index in [1.165, 1.54) is 19.3 Å². The summed E-state index contributed by atoms with van der Waals surface area (Å²) < 4.78 is 0. The summed E-state index contributed by atoms with van der Waals surface area (Å²) in [5.74, 6) is 0. The molecule has 18 heavy (non-hydrogen) atoms. The molecule has 1 aromatic carbocycles. The van der Waals surface area contributed by atoms with Crippen molar-refractivity contribution in [1.82, 2.24) is 0 Å². The number of benzene rings is 1. The van der Waals surface area contributed by atoms with E-state index in [1.807, 2.05) is 17.8 Å². The Hall–Kier alpha value is -1.23. The number of aryl methyl sites for hydroxylation is 1. The molecular weight excluding hydrogens is 248 g/mol. The topological polar surface area (TPSA) is 55.2 Å². The Balaban J connectivity index is 2.02. The first-order valence-corrected chi connectivity index (χ1v) is 7.43. The molecule has 1 saturated carbocycles. The summed E-state index contributed by atoms with van der Waals surface area (Å²) in [6.45, 7) is 1.78. The van der Waals surface area contributed by atoms with Gasteiger partial charge in [0.1, 0.15) is 0 Å². The molecule has 0 radical (unpaired) electrons. The van der Waals surface area contributed by atoms with Crippen LogP contribution in [0.15, 0.2) is 18.2 Å². The standard InChI is InChI=1S/C13H18N2O2S/c1-9-7-10(4-6-13(9)15(16)17)14-11-3-5-12(8-11)18-2/h4,6-7,11-12,14H,3,5,8H2,1-2H3. The summed E-state index contributed by atoms with van der Waals surface area (Å²) in [5.41, 5.74) is 1.89. The van der Waals surface area contributed by atoms with Gasteiger partial charge in [-0.05, 0) is 44.6 Å². The number of anilines is 1. The Morgan fingerprint density at radius 3 is 2.78 bits per heavy atom. The molecule has 1 fully saturated rings. The number of rotatable bonds is 4. The van der Waals surface area contributed by atoms with Crippen LogP contribution in [0.5, 0.6) is 0 Å². The summed E-state index contributed by atoms with van der Waals surface area (Å²) >= 11 is 1.93. The fourth-order valence-corrected chi connectivity index (χ4v) is 3.27. The lowest BCUT2D eigenvalue weighted by Crippen LogP contribution is -2.16. The van der Waals surface area contributed by atoms with Gasteiger partial charge < -0.3 is 5.32 Å². The minimum absolute atomic E-state index is 0.189. The second-order valence-corrected chi connectivity index (χ2v) is 5.91. The Kier molecular flexibility index (Phi) is 4.11. The van der Waals surface area contributed by atoms with Gasteiger partial charge in [-0.3, -0.25) is 10.1 Å². The lowest BCUT2D eigenvalue weighted by Gasteiger charge is -2.14. The molecule has 1 aliphatic rings. The SMILES string of the molecule is CSC1CCC(Nc2ccc([N+](=O)[O-])c(C)c2)C1. The van der Waals surface area contributed by atoms with Crippen LogP contribution in [0, 0.1) is 17.0 Å². The molecule has 1 aliphatic carbocycles. The monoisotopic (exact) mass is 266 g/mol. The summed E-state index contributed by atoms with van der Waals surface area (Å²) in [4.78, 5) is 10.4. The van der Waals surface area contributed by atoms with Gasteiger partial charge in [-0.1, -0.05) is 0 Å². The second-order valence-electron chi connectivity index (χ2n) is 4.77. The van der Waals surface area contributed by atoms with Gasteiger partial charge in [-0.15, -0.1) is 0 Å². The largest absolute Gasteiger partial charge is 0.382 e. The van der Waals surface area contributed by atoms with Crippen molar-refractivity contribution in [3.8, 4) is 0 Å². The molecule has 2 atom stereocenters. The zero-order valence-electron chi connectivity index (χ0n) is 10.7. The van der Waals surface area contributed by atoms with Crippen molar-refractivity contribution in [3.63, 3.8) is 0 Å². The number of nitrogens with zero attached hydrogens (tertiary/aromatic N) is 1. The Morgan fingerprint density at radius 1 is 1.44 bits per heavy atom. The molecule has 5 heteroatoms. The molecule has 0 bridgehead atoms. The van der Waals surface area contributed by atoms with E-state index in [-0.39, 0.29) is 10.6 Å². The van der Waals surface area contributed by atoms with Gasteiger partial charge >= 0.3 is 0 Å². The van der Waals surface area contributed by atoms with E-state index in [2.05, 4.69) is 11.6 Å².